The lowest BCUT2D eigenvalue weighted by Gasteiger charge is -2.38. The lowest BCUT2D eigenvalue weighted by Crippen LogP contribution is -2.49. The summed E-state index contributed by atoms with van der Waals surface area (Å²) in [7, 11) is -1.74. The van der Waals surface area contributed by atoms with E-state index in [1.165, 1.54) is 17.7 Å². The largest absolute Gasteiger partial charge is 0.488 e. The van der Waals surface area contributed by atoms with Crippen molar-refractivity contribution in [2.75, 3.05) is 31.5 Å². The van der Waals surface area contributed by atoms with E-state index in [9.17, 15) is 18.3 Å². The van der Waals surface area contributed by atoms with Gasteiger partial charge in [0, 0.05) is 31.2 Å². The van der Waals surface area contributed by atoms with Gasteiger partial charge in [0.25, 0.3) is 15.9 Å². The van der Waals surface area contributed by atoms with Gasteiger partial charge in [0.05, 0.1) is 18.2 Å². The molecule has 0 aliphatic carbocycles. The van der Waals surface area contributed by atoms with E-state index in [4.69, 9.17) is 4.74 Å². The van der Waals surface area contributed by atoms with Crippen LogP contribution in [0.2, 0.25) is 0 Å². The molecule has 3 atom stereocenters. The Kier molecular flexibility index (Phi) is 8.53. The average Bonchev–Trinajstić information content (AvgIpc) is 3.43. The highest BCUT2D eigenvalue weighted by Crippen LogP contribution is 2.32. The molecule has 0 saturated carbocycles. The minimum Gasteiger partial charge on any atom is -0.488 e. The predicted molar refractivity (Wildman–Crippen MR) is 146 cm³/mol. The quantitative estimate of drug-likeness (QED) is 0.425. The number of amides is 1. The Labute approximate surface area is 222 Å². The molecular formula is C27H33N3O5S2. The van der Waals surface area contributed by atoms with Crippen LogP contribution in [0.15, 0.2) is 70.3 Å². The summed E-state index contributed by atoms with van der Waals surface area (Å²) in [4.78, 5) is 17.4. The maximum atomic E-state index is 13.6. The van der Waals surface area contributed by atoms with Crippen LogP contribution in [0.4, 0.5) is 5.69 Å². The third-order valence-corrected chi connectivity index (χ3v) is 9.24. The van der Waals surface area contributed by atoms with Gasteiger partial charge < -0.3 is 14.7 Å². The van der Waals surface area contributed by atoms with E-state index in [0.717, 1.165) is 17.9 Å². The summed E-state index contributed by atoms with van der Waals surface area (Å²) < 4.78 is 34.7. The fraction of sp³-hybridized carbons (Fsp3) is 0.370. The number of hydrogen-bond donors (Lipinski definition) is 2. The topological polar surface area (TPSA) is 99.2 Å². The minimum absolute atomic E-state index is 0.0127. The number of ether oxygens (including phenoxy) is 1. The van der Waals surface area contributed by atoms with Crippen molar-refractivity contribution in [2.45, 2.75) is 36.7 Å². The molecule has 2 N–H and O–H groups in total. The minimum atomic E-state index is -3.77. The van der Waals surface area contributed by atoms with E-state index in [1.54, 1.807) is 35.4 Å². The Morgan fingerprint density at radius 1 is 1.19 bits per heavy atom. The Morgan fingerprint density at radius 2 is 1.95 bits per heavy atom. The average molecular weight is 544 g/mol. The van der Waals surface area contributed by atoms with Crippen molar-refractivity contribution >= 4 is 33.0 Å². The number of nitrogens with zero attached hydrogens (tertiary/aromatic N) is 2. The summed E-state index contributed by atoms with van der Waals surface area (Å²) in [6.45, 7) is 5.43. The van der Waals surface area contributed by atoms with Crippen LogP contribution >= 0.6 is 11.3 Å². The molecule has 1 aromatic heterocycles. The predicted octanol–water partition coefficient (Wildman–Crippen LogP) is 3.90. The van der Waals surface area contributed by atoms with Crippen molar-refractivity contribution in [2.24, 2.45) is 5.92 Å². The molecule has 8 nitrogen and oxygen atoms in total. The molecule has 0 unspecified atom stereocenters. The van der Waals surface area contributed by atoms with Crippen molar-refractivity contribution in [3.63, 3.8) is 0 Å². The molecule has 0 fully saturated rings. The number of fused-ring (bicyclic) bond motifs is 1. The number of aliphatic hydroxyl groups excluding tert-OH is 1. The van der Waals surface area contributed by atoms with Crippen molar-refractivity contribution in [3.05, 3.63) is 77.2 Å². The number of carbonyl (C=O) groups excluding carboxylic acids is 1. The van der Waals surface area contributed by atoms with Crippen molar-refractivity contribution < 1.29 is 23.1 Å². The molecule has 2 heterocycles. The summed E-state index contributed by atoms with van der Waals surface area (Å²) in [5.74, 6) is 0.0712. The van der Waals surface area contributed by atoms with Crippen LogP contribution < -0.4 is 9.46 Å². The van der Waals surface area contributed by atoms with E-state index in [2.05, 4.69) is 21.8 Å². The van der Waals surface area contributed by atoms with Gasteiger partial charge >= 0.3 is 0 Å². The first kappa shape index (κ1) is 27.1. The van der Waals surface area contributed by atoms with Crippen LogP contribution in [0.5, 0.6) is 5.75 Å². The molecule has 1 amide bonds. The van der Waals surface area contributed by atoms with Crippen molar-refractivity contribution in [3.8, 4) is 5.75 Å². The second-order valence-corrected chi connectivity index (χ2v) is 12.4. The number of aliphatic hydroxyl groups is 1. The number of anilines is 1. The van der Waals surface area contributed by atoms with Crippen LogP contribution in [-0.4, -0.2) is 68.1 Å². The molecule has 0 radical (unpaired) electrons. The van der Waals surface area contributed by atoms with Crippen molar-refractivity contribution in [1.29, 1.82) is 0 Å². The number of thiophene rings is 1. The number of hydrogen-bond acceptors (Lipinski definition) is 7. The number of benzene rings is 2. The molecule has 1 aliphatic rings. The normalized spacial score (nSPS) is 19.1. The first-order valence-corrected chi connectivity index (χ1v) is 14.6. The highest BCUT2D eigenvalue weighted by molar-refractivity contribution is 7.94. The van der Waals surface area contributed by atoms with E-state index < -0.39 is 16.1 Å². The van der Waals surface area contributed by atoms with Crippen molar-refractivity contribution in [1.82, 2.24) is 9.80 Å². The summed E-state index contributed by atoms with van der Waals surface area (Å²) in [5, 5.41) is 11.6. The van der Waals surface area contributed by atoms with Gasteiger partial charge in [0.1, 0.15) is 16.1 Å². The summed E-state index contributed by atoms with van der Waals surface area (Å²) in [6, 6.07) is 17.7. The molecule has 0 bridgehead atoms. The Hall–Kier alpha value is -2.92. The molecule has 3 aromatic rings. The molecule has 0 saturated heterocycles. The van der Waals surface area contributed by atoms with Crippen LogP contribution in [0, 0.1) is 5.92 Å². The van der Waals surface area contributed by atoms with Gasteiger partial charge in [-0.25, -0.2) is 8.42 Å². The zero-order chi connectivity index (χ0) is 26.6. The number of likely N-dealkylation sites (N-methyl/N-ethyl adjacent to an activating group) is 1. The molecule has 0 spiro atoms. The van der Waals surface area contributed by atoms with E-state index in [-0.39, 0.29) is 40.0 Å². The number of carbonyl (C=O) groups is 1. The van der Waals surface area contributed by atoms with E-state index in [0.29, 0.717) is 18.8 Å². The van der Waals surface area contributed by atoms with Crippen LogP contribution in [0.3, 0.4) is 0 Å². The van der Waals surface area contributed by atoms with Gasteiger partial charge in [-0.3, -0.25) is 14.4 Å². The van der Waals surface area contributed by atoms with Gasteiger partial charge in [-0.05, 0) is 49.2 Å². The summed E-state index contributed by atoms with van der Waals surface area (Å²) in [6.07, 6.45) is -0.234. The Morgan fingerprint density at radius 3 is 2.62 bits per heavy atom. The third kappa shape index (κ3) is 6.51. The lowest BCUT2D eigenvalue weighted by atomic mass is 9.99. The maximum absolute atomic E-state index is 13.6. The number of sulfonamides is 1. The fourth-order valence-corrected chi connectivity index (χ4v) is 6.43. The van der Waals surface area contributed by atoms with Crippen LogP contribution in [0.25, 0.3) is 0 Å². The first-order valence-electron chi connectivity index (χ1n) is 12.2. The number of nitrogens with one attached hydrogen (secondary N) is 1. The van der Waals surface area contributed by atoms with E-state index in [1.807, 2.05) is 32.2 Å². The zero-order valence-corrected chi connectivity index (χ0v) is 22.8. The Balaban J connectivity index is 1.63. The summed E-state index contributed by atoms with van der Waals surface area (Å²) in [5.41, 5.74) is 1.72. The highest BCUT2D eigenvalue weighted by Gasteiger charge is 2.33. The molecule has 1 aliphatic heterocycles. The van der Waals surface area contributed by atoms with Gasteiger partial charge in [0.2, 0.25) is 0 Å². The van der Waals surface area contributed by atoms with Gasteiger partial charge in [-0.1, -0.05) is 43.3 Å². The fourth-order valence-electron chi connectivity index (χ4n) is 4.39. The molecule has 4 rings (SSSR count). The van der Waals surface area contributed by atoms with Gasteiger partial charge in [0.15, 0.2) is 0 Å². The molecular weight excluding hydrogens is 510 g/mol. The highest BCUT2D eigenvalue weighted by atomic mass is 32.2. The summed E-state index contributed by atoms with van der Waals surface area (Å²) >= 11 is 1.12. The smallest absolute Gasteiger partial charge is 0.271 e. The maximum Gasteiger partial charge on any atom is 0.271 e. The molecule has 10 heteroatoms. The second-order valence-electron chi connectivity index (χ2n) is 9.55. The third-order valence-electron chi connectivity index (χ3n) is 6.46. The second kappa shape index (κ2) is 11.6. The monoisotopic (exact) mass is 543 g/mol. The molecule has 2 aromatic carbocycles. The SMILES string of the molecule is C[C@H](CO)N1C[C@H](C)[C@H](CN(C)Cc2ccccc2)Oc2ccc(NS(=O)(=O)c3cccs3)cc2C1=O. The molecule has 37 heavy (non-hydrogen) atoms. The van der Waals surface area contributed by atoms with E-state index >= 15 is 0 Å². The van der Waals surface area contributed by atoms with Crippen LogP contribution in [-0.2, 0) is 16.6 Å². The zero-order valence-electron chi connectivity index (χ0n) is 21.2. The number of rotatable bonds is 9. The molecule has 198 valence electrons. The van der Waals surface area contributed by atoms with Gasteiger partial charge in [-0.15, -0.1) is 11.3 Å². The lowest BCUT2D eigenvalue weighted by molar-refractivity contribution is 0.0341. The van der Waals surface area contributed by atoms with Gasteiger partial charge in [-0.2, -0.15) is 0 Å². The van der Waals surface area contributed by atoms with Crippen LogP contribution in [0.1, 0.15) is 29.8 Å². The first-order chi connectivity index (χ1) is 17.7. The Bertz CT molecular complexity index is 1300. The standard InChI is InChI=1S/C27H33N3O5S2/c1-19-15-30(20(2)18-31)27(32)23-14-22(28-37(33,34)26-10-7-13-36-26)11-12-24(23)35-25(19)17-29(3)16-21-8-5-4-6-9-21/h4-14,19-20,25,28,31H,15-18H2,1-3H3/t19-,20+,25-/m0/s1.